The molecule has 0 bridgehead atoms. The van der Waals surface area contributed by atoms with Crippen LogP contribution >= 0.6 is 0 Å². The monoisotopic (exact) mass is 803 g/mol. The van der Waals surface area contributed by atoms with Gasteiger partial charge in [-0.25, -0.2) is 8.78 Å². The maximum atomic E-state index is 13.9. The molecule has 3 rings (SSSR count). The van der Waals surface area contributed by atoms with E-state index < -0.39 is 23.8 Å². The van der Waals surface area contributed by atoms with Crippen LogP contribution in [-0.2, 0) is 19.1 Å². The lowest BCUT2D eigenvalue weighted by Gasteiger charge is -2.37. The maximum Gasteiger partial charge on any atom is 0.250 e. The summed E-state index contributed by atoms with van der Waals surface area (Å²) in [5.74, 6) is -3.36. The third-order valence-corrected chi connectivity index (χ3v) is 11.6. The molecule has 2 aliphatic rings. The molecule has 3 amide bonds. The van der Waals surface area contributed by atoms with Crippen molar-refractivity contribution in [1.82, 2.24) is 20.4 Å². The van der Waals surface area contributed by atoms with Crippen LogP contribution < -0.4 is 21.7 Å². The predicted octanol–water partition coefficient (Wildman–Crippen LogP) is 7.10. The summed E-state index contributed by atoms with van der Waals surface area (Å²) >= 11 is 0. The average Bonchev–Trinajstić information content (AvgIpc) is 3.46. The fourth-order valence-corrected chi connectivity index (χ4v) is 8.55. The minimum absolute atomic E-state index is 0.000414. The minimum Gasteiger partial charge on any atom is -0.362 e. The number of amidine groups is 2. The molecule has 12 nitrogen and oxygen atoms in total. The molecule has 1 saturated carbocycles. The SMILES string of the molecule is CC(=N)N(C(=N)C(C)C)C(C)CC1CCC(C)N1CCC(NC(=O)C1CCC(F)(F)CC1)c1ccc(NC(=O)COCC(=O)NCC(C)(C)CC(C)(C)CN)cc1. The predicted molar refractivity (Wildman–Crippen MR) is 224 cm³/mol. The van der Waals surface area contributed by atoms with Gasteiger partial charge in [-0.05, 0) is 101 Å². The van der Waals surface area contributed by atoms with Crippen LogP contribution in [0.3, 0.4) is 0 Å². The first-order valence-corrected chi connectivity index (χ1v) is 20.8. The van der Waals surface area contributed by atoms with E-state index in [9.17, 15) is 23.2 Å². The maximum absolute atomic E-state index is 13.9. The van der Waals surface area contributed by atoms with Crippen LogP contribution in [0.5, 0.6) is 0 Å². The van der Waals surface area contributed by atoms with Crippen LogP contribution in [0, 0.1) is 33.5 Å². The fraction of sp³-hybridized carbons (Fsp3) is 0.744. The zero-order valence-corrected chi connectivity index (χ0v) is 36.0. The number of anilines is 1. The van der Waals surface area contributed by atoms with E-state index in [0.29, 0.717) is 49.5 Å². The summed E-state index contributed by atoms with van der Waals surface area (Å²) in [6.07, 6.45) is 3.92. The first-order valence-electron chi connectivity index (χ1n) is 20.8. The van der Waals surface area contributed by atoms with Gasteiger partial charge >= 0.3 is 0 Å². The van der Waals surface area contributed by atoms with Gasteiger partial charge in [0.15, 0.2) is 0 Å². The molecular formula is C43H72F2N8O4. The van der Waals surface area contributed by atoms with E-state index in [1.54, 1.807) is 19.1 Å². The van der Waals surface area contributed by atoms with Crippen molar-refractivity contribution in [2.75, 3.05) is 38.2 Å². The van der Waals surface area contributed by atoms with E-state index in [4.69, 9.17) is 21.3 Å². The second-order valence-electron chi connectivity index (χ2n) is 18.5. The molecule has 1 heterocycles. The molecule has 0 spiro atoms. The highest BCUT2D eigenvalue weighted by Crippen LogP contribution is 2.37. The quantitative estimate of drug-likeness (QED) is 0.0602. The van der Waals surface area contributed by atoms with Gasteiger partial charge in [0.25, 0.3) is 0 Å². The Balaban J connectivity index is 1.64. The number of alkyl halides is 2. The van der Waals surface area contributed by atoms with Gasteiger partial charge in [0, 0.05) is 61.6 Å². The van der Waals surface area contributed by atoms with E-state index in [2.05, 4.69) is 62.4 Å². The second kappa shape index (κ2) is 21.0. The molecule has 4 atom stereocenters. The molecule has 322 valence electrons. The van der Waals surface area contributed by atoms with Crippen molar-refractivity contribution in [3.63, 3.8) is 0 Å². The molecule has 4 unspecified atom stereocenters. The summed E-state index contributed by atoms with van der Waals surface area (Å²) in [4.78, 5) is 42.9. The first-order chi connectivity index (χ1) is 26.5. The van der Waals surface area contributed by atoms with Crippen molar-refractivity contribution in [3.8, 4) is 0 Å². The zero-order valence-electron chi connectivity index (χ0n) is 36.0. The molecule has 7 N–H and O–H groups in total. The molecule has 2 fully saturated rings. The molecule has 1 aromatic carbocycles. The largest absolute Gasteiger partial charge is 0.362 e. The van der Waals surface area contributed by atoms with Gasteiger partial charge in [-0.1, -0.05) is 53.7 Å². The van der Waals surface area contributed by atoms with Gasteiger partial charge in [-0.2, -0.15) is 0 Å². The van der Waals surface area contributed by atoms with Crippen LogP contribution in [0.4, 0.5) is 14.5 Å². The van der Waals surface area contributed by atoms with Crippen LogP contribution in [0.15, 0.2) is 24.3 Å². The lowest BCUT2D eigenvalue weighted by atomic mass is 9.75. The first kappa shape index (κ1) is 47.9. The zero-order chi connectivity index (χ0) is 42.7. The molecule has 14 heteroatoms. The van der Waals surface area contributed by atoms with Gasteiger partial charge in [-0.3, -0.25) is 30.1 Å². The standard InChI is InChI=1S/C43H72F2N8O4/c1-28(2)39(48)53(31(5)47)30(4)22-35-15-10-29(3)52(35)21-18-36(51-40(56)33-16-19-43(44,45)20-17-33)32-11-13-34(14-12-32)50-38(55)24-57-23-37(54)49-27-42(8,9)25-41(6,7)26-46/h11-14,28-30,33,35-36,47-48H,10,15-27,46H2,1-9H3,(H,49,54)(H,50,55)(H,51,56). The molecule has 0 radical (unpaired) electrons. The normalized spacial score (nSPS) is 20.2. The molecule has 1 saturated heterocycles. The van der Waals surface area contributed by atoms with Crippen LogP contribution in [0.2, 0.25) is 0 Å². The number of nitrogens with one attached hydrogen (secondary N) is 5. The third kappa shape index (κ3) is 15.3. The Morgan fingerprint density at radius 1 is 0.982 bits per heavy atom. The average molecular weight is 803 g/mol. The number of hydrogen-bond donors (Lipinski definition) is 6. The number of ether oxygens (including phenoxy) is 1. The Morgan fingerprint density at radius 3 is 2.18 bits per heavy atom. The molecule has 57 heavy (non-hydrogen) atoms. The summed E-state index contributed by atoms with van der Waals surface area (Å²) in [5.41, 5.74) is 7.03. The highest BCUT2D eigenvalue weighted by molar-refractivity contribution is 5.98. The summed E-state index contributed by atoms with van der Waals surface area (Å²) < 4.78 is 33.3. The van der Waals surface area contributed by atoms with Crippen molar-refractivity contribution in [1.29, 1.82) is 10.8 Å². The highest BCUT2D eigenvalue weighted by atomic mass is 19.3. The van der Waals surface area contributed by atoms with Gasteiger partial charge in [-0.15, -0.1) is 0 Å². The Hall–Kier alpha value is -3.49. The second-order valence-corrected chi connectivity index (χ2v) is 18.5. The minimum atomic E-state index is -2.73. The molecule has 0 aromatic heterocycles. The van der Waals surface area contributed by atoms with E-state index in [-0.39, 0.29) is 79.5 Å². The number of hydrogen-bond acceptors (Lipinski definition) is 8. The number of amides is 3. The van der Waals surface area contributed by atoms with Gasteiger partial charge in [0.05, 0.1) is 11.9 Å². The van der Waals surface area contributed by atoms with Gasteiger partial charge in [0.2, 0.25) is 23.6 Å². The number of nitrogens with zero attached hydrogens (tertiary/aromatic N) is 2. The number of benzene rings is 1. The van der Waals surface area contributed by atoms with Crippen molar-refractivity contribution in [3.05, 3.63) is 29.8 Å². The summed E-state index contributed by atoms with van der Waals surface area (Å²) in [5, 5.41) is 25.9. The van der Waals surface area contributed by atoms with Crippen LogP contribution in [0.1, 0.15) is 132 Å². The number of nitrogens with two attached hydrogens (primary N) is 1. The number of halogens is 2. The highest BCUT2D eigenvalue weighted by Gasteiger charge is 2.39. The summed E-state index contributed by atoms with van der Waals surface area (Å²) in [6, 6.07) is 7.35. The van der Waals surface area contributed by atoms with Crippen molar-refractivity contribution < 1.29 is 27.9 Å². The Morgan fingerprint density at radius 2 is 1.60 bits per heavy atom. The van der Waals surface area contributed by atoms with E-state index in [1.165, 1.54) is 0 Å². The van der Waals surface area contributed by atoms with E-state index in [1.807, 2.05) is 30.9 Å². The molecule has 1 aliphatic carbocycles. The lowest BCUT2D eigenvalue weighted by Crippen LogP contribution is -2.47. The fourth-order valence-electron chi connectivity index (χ4n) is 8.55. The molecule has 1 aromatic rings. The third-order valence-electron chi connectivity index (χ3n) is 11.6. The van der Waals surface area contributed by atoms with Gasteiger partial charge < -0.3 is 31.3 Å². The smallest absolute Gasteiger partial charge is 0.250 e. The van der Waals surface area contributed by atoms with Crippen molar-refractivity contribution >= 4 is 35.1 Å². The van der Waals surface area contributed by atoms with E-state index in [0.717, 1.165) is 31.2 Å². The van der Waals surface area contributed by atoms with Crippen molar-refractivity contribution in [2.24, 2.45) is 28.4 Å². The number of likely N-dealkylation sites (tertiary alicyclic amines) is 1. The molecular weight excluding hydrogens is 731 g/mol. The van der Waals surface area contributed by atoms with Gasteiger partial charge in [0.1, 0.15) is 19.0 Å². The molecule has 1 aliphatic heterocycles. The summed E-state index contributed by atoms with van der Waals surface area (Å²) in [7, 11) is 0. The Bertz CT molecular complexity index is 1510. The number of carbonyl (C=O) groups excluding carboxylic acids is 3. The Labute approximate surface area is 340 Å². The lowest BCUT2D eigenvalue weighted by molar-refractivity contribution is -0.130. The number of rotatable bonds is 20. The van der Waals surface area contributed by atoms with E-state index >= 15 is 0 Å². The van der Waals surface area contributed by atoms with Crippen LogP contribution in [0.25, 0.3) is 0 Å². The summed E-state index contributed by atoms with van der Waals surface area (Å²) in [6.45, 7) is 19.4. The number of carbonyl (C=O) groups is 3. The van der Waals surface area contributed by atoms with Crippen molar-refractivity contribution in [2.45, 2.75) is 150 Å². The Kier molecular flexibility index (Phi) is 17.6. The topological polar surface area (TPSA) is 177 Å². The van der Waals surface area contributed by atoms with Crippen LogP contribution in [-0.4, -0.2) is 96.1 Å².